The fraction of sp³-hybridized carbons (Fsp3) is 0.421. The molecule has 0 aliphatic carbocycles. The van der Waals surface area contributed by atoms with Crippen LogP contribution in [0, 0.1) is 0 Å². The van der Waals surface area contributed by atoms with Gasteiger partial charge in [0.2, 0.25) is 0 Å². The lowest BCUT2D eigenvalue weighted by Crippen LogP contribution is -2.42. The molecule has 160 valence electrons. The molecular weight excluding hydrogens is 426 g/mol. The van der Waals surface area contributed by atoms with E-state index in [9.17, 15) is 13.2 Å². The molecule has 1 unspecified atom stereocenters. The average molecular weight is 450 g/mol. The molecule has 1 atom stereocenters. The number of aromatic nitrogens is 3. The zero-order chi connectivity index (χ0) is 21.5. The van der Waals surface area contributed by atoms with Crippen LogP contribution in [-0.4, -0.2) is 58.9 Å². The van der Waals surface area contributed by atoms with Crippen molar-refractivity contribution in [2.75, 3.05) is 19.7 Å². The number of pyridine rings is 1. The van der Waals surface area contributed by atoms with Crippen LogP contribution in [0.4, 0.5) is 0 Å². The molecule has 0 bridgehead atoms. The number of nitrogens with zero attached hydrogens (tertiary/aromatic N) is 4. The minimum Gasteiger partial charge on any atom is -0.371 e. The van der Waals surface area contributed by atoms with Crippen LogP contribution in [0.1, 0.15) is 35.2 Å². The molecule has 1 aliphatic heterocycles. The molecule has 0 aromatic carbocycles. The lowest BCUT2D eigenvalue weighted by Gasteiger charge is -2.32. The number of carbonyl (C=O) groups is 1. The third kappa shape index (κ3) is 3.85. The molecule has 1 fully saturated rings. The van der Waals surface area contributed by atoms with Gasteiger partial charge in [-0.25, -0.2) is 18.4 Å². The summed E-state index contributed by atoms with van der Waals surface area (Å²) in [5.41, 5.74) is 0.683. The molecule has 1 N–H and O–H groups in total. The first-order valence-electron chi connectivity index (χ1n) is 9.55. The van der Waals surface area contributed by atoms with E-state index in [2.05, 4.69) is 15.3 Å². The Labute approximate surface area is 178 Å². The van der Waals surface area contributed by atoms with Gasteiger partial charge in [0.1, 0.15) is 9.71 Å². The number of hydrogen-bond acceptors (Lipinski definition) is 7. The normalized spacial score (nSPS) is 18.2. The second-order valence-corrected chi connectivity index (χ2v) is 10.3. The molecule has 1 amide bonds. The summed E-state index contributed by atoms with van der Waals surface area (Å²) in [6.45, 7) is 4.33. The van der Waals surface area contributed by atoms with Crippen molar-refractivity contribution in [2.45, 2.75) is 31.0 Å². The highest BCUT2D eigenvalue weighted by molar-refractivity contribution is 7.89. The Balaban J connectivity index is 1.72. The topological polar surface area (TPSA) is 106 Å². The Bertz CT molecular complexity index is 1180. The first-order valence-corrected chi connectivity index (χ1v) is 11.8. The van der Waals surface area contributed by atoms with Crippen LogP contribution in [0.5, 0.6) is 0 Å². The SMILES string of the molecule is CC(C)NC(=O)c1sc2ncccc2c1C1CN(S(=O)(=O)c2cn(C)cn2)CCO1. The summed E-state index contributed by atoms with van der Waals surface area (Å²) in [6, 6.07) is 3.65. The van der Waals surface area contributed by atoms with E-state index >= 15 is 0 Å². The van der Waals surface area contributed by atoms with E-state index in [1.165, 1.54) is 28.2 Å². The standard InChI is InChI=1S/C19H23N5O4S2/c1-12(2)22-18(25)17-16(13-5-4-6-20-19(13)29-17)14-9-24(7-8-28-14)30(26,27)15-10-23(3)11-21-15/h4-6,10-12,14H,7-9H2,1-3H3,(H,22,25). The van der Waals surface area contributed by atoms with E-state index < -0.39 is 16.1 Å². The highest BCUT2D eigenvalue weighted by Gasteiger charge is 2.36. The highest BCUT2D eigenvalue weighted by Crippen LogP contribution is 2.38. The number of rotatable bonds is 5. The summed E-state index contributed by atoms with van der Waals surface area (Å²) in [7, 11) is -2.04. The maximum atomic E-state index is 13.0. The Hall–Kier alpha value is -2.34. The first kappa shape index (κ1) is 20.9. The minimum absolute atomic E-state index is 0.000248. The van der Waals surface area contributed by atoms with E-state index in [1.54, 1.807) is 23.9 Å². The summed E-state index contributed by atoms with van der Waals surface area (Å²) in [5.74, 6) is -0.212. The number of morpholine rings is 1. The molecule has 4 rings (SSSR count). The fourth-order valence-electron chi connectivity index (χ4n) is 3.44. The summed E-state index contributed by atoms with van der Waals surface area (Å²) in [6.07, 6.45) is 4.03. The molecule has 0 radical (unpaired) electrons. The monoisotopic (exact) mass is 449 g/mol. The van der Waals surface area contributed by atoms with Crippen LogP contribution < -0.4 is 5.32 Å². The number of imidazole rings is 1. The lowest BCUT2D eigenvalue weighted by molar-refractivity contribution is -0.00199. The third-order valence-corrected chi connectivity index (χ3v) is 7.65. The van der Waals surface area contributed by atoms with Crippen LogP contribution in [0.25, 0.3) is 10.2 Å². The van der Waals surface area contributed by atoms with E-state index in [4.69, 9.17) is 4.74 Å². The van der Waals surface area contributed by atoms with Gasteiger partial charge in [-0.2, -0.15) is 4.31 Å². The Kier molecular flexibility index (Phi) is 5.62. The number of carbonyl (C=O) groups excluding carboxylic acids is 1. The van der Waals surface area contributed by atoms with E-state index in [0.717, 1.165) is 10.2 Å². The van der Waals surface area contributed by atoms with E-state index in [-0.39, 0.29) is 36.7 Å². The van der Waals surface area contributed by atoms with Crippen LogP contribution in [0.15, 0.2) is 35.9 Å². The van der Waals surface area contributed by atoms with Gasteiger partial charge < -0.3 is 14.6 Å². The van der Waals surface area contributed by atoms with Gasteiger partial charge in [-0.3, -0.25) is 4.79 Å². The molecule has 3 aromatic heterocycles. The zero-order valence-corrected chi connectivity index (χ0v) is 18.5. The molecule has 0 saturated carbocycles. The number of ether oxygens (including phenoxy) is 1. The number of amides is 1. The van der Waals surface area contributed by atoms with E-state index in [0.29, 0.717) is 10.4 Å². The number of sulfonamides is 1. The van der Waals surface area contributed by atoms with Crippen LogP contribution in [0.3, 0.4) is 0 Å². The van der Waals surface area contributed by atoms with Crippen molar-refractivity contribution in [1.29, 1.82) is 0 Å². The molecule has 3 aromatic rings. The van der Waals surface area contributed by atoms with Crippen molar-refractivity contribution in [3.63, 3.8) is 0 Å². The molecule has 30 heavy (non-hydrogen) atoms. The fourth-order valence-corrected chi connectivity index (χ4v) is 5.93. The summed E-state index contributed by atoms with van der Waals surface area (Å²) in [4.78, 5) is 22.5. The predicted octanol–water partition coefficient (Wildman–Crippen LogP) is 1.93. The van der Waals surface area contributed by atoms with Gasteiger partial charge in [0, 0.05) is 49.5 Å². The maximum absolute atomic E-state index is 13.0. The van der Waals surface area contributed by atoms with Gasteiger partial charge in [0.25, 0.3) is 15.9 Å². The summed E-state index contributed by atoms with van der Waals surface area (Å²) < 4.78 is 35.0. The van der Waals surface area contributed by atoms with Crippen LogP contribution >= 0.6 is 11.3 Å². The van der Waals surface area contributed by atoms with Crippen molar-refractivity contribution in [3.8, 4) is 0 Å². The zero-order valence-electron chi connectivity index (χ0n) is 16.9. The van der Waals surface area contributed by atoms with Gasteiger partial charge in [-0.05, 0) is 19.9 Å². The number of aryl methyl sites for hydroxylation is 1. The second kappa shape index (κ2) is 8.06. The predicted molar refractivity (Wildman–Crippen MR) is 113 cm³/mol. The van der Waals surface area contributed by atoms with Crippen molar-refractivity contribution in [2.24, 2.45) is 7.05 Å². The van der Waals surface area contributed by atoms with Crippen molar-refractivity contribution in [1.82, 2.24) is 24.2 Å². The molecule has 9 nitrogen and oxygen atoms in total. The van der Waals surface area contributed by atoms with Gasteiger partial charge in [0.05, 0.1) is 19.0 Å². The smallest absolute Gasteiger partial charge is 0.262 e. The van der Waals surface area contributed by atoms with Gasteiger partial charge in [0.15, 0.2) is 5.03 Å². The second-order valence-electron chi connectivity index (χ2n) is 7.43. The largest absolute Gasteiger partial charge is 0.371 e. The number of thiophene rings is 1. The summed E-state index contributed by atoms with van der Waals surface area (Å²) in [5, 5.41) is 3.72. The van der Waals surface area contributed by atoms with Crippen LogP contribution in [0.2, 0.25) is 0 Å². The minimum atomic E-state index is -3.76. The van der Waals surface area contributed by atoms with Crippen molar-refractivity contribution >= 4 is 37.5 Å². The van der Waals surface area contributed by atoms with Gasteiger partial charge in [-0.15, -0.1) is 11.3 Å². The van der Waals surface area contributed by atoms with Crippen LogP contribution in [-0.2, 0) is 21.8 Å². The molecule has 1 aliphatic rings. The molecule has 1 saturated heterocycles. The highest BCUT2D eigenvalue weighted by atomic mass is 32.2. The molecule has 11 heteroatoms. The van der Waals surface area contributed by atoms with Crippen molar-refractivity contribution < 1.29 is 17.9 Å². The lowest BCUT2D eigenvalue weighted by atomic mass is 10.0. The molecule has 0 spiro atoms. The maximum Gasteiger partial charge on any atom is 0.262 e. The number of nitrogens with one attached hydrogen (secondary N) is 1. The Morgan fingerprint density at radius 2 is 2.17 bits per heavy atom. The molecular formula is C19H23N5O4S2. The van der Waals surface area contributed by atoms with E-state index in [1.807, 2.05) is 19.9 Å². The Morgan fingerprint density at radius 1 is 1.37 bits per heavy atom. The quantitative estimate of drug-likeness (QED) is 0.638. The van der Waals surface area contributed by atoms with Gasteiger partial charge in [-0.1, -0.05) is 6.07 Å². The Morgan fingerprint density at radius 3 is 2.87 bits per heavy atom. The van der Waals surface area contributed by atoms with Crippen molar-refractivity contribution in [3.05, 3.63) is 41.3 Å². The molecule has 4 heterocycles. The summed E-state index contributed by atoms with van der Waals surface area (Å²) >= 11 is 1.29. The number of fused-ring (bicyclic) bond motifs is 1. The van der Waals surface area contributed by atoms with Gasteiger partial charge >= 0.3 is 0 Å². The third-order valence-electron chi connectivity index (χ3n) is 4.77. The average Bonchev–Trinajstić information content (AvgIpc) is 3.32. The first-order chi connectivity index (χ1) is 14.3. The number of hydrogen-bond donors (Lipinski definition) is 1.